The molecule has 0 aliphatic heterocycles. The summed E-state index contributed by atoms with van der Waals surface area (Å²) >= 11 is 5.87. The lowest BCUT2D eigenvalue weighted by atomic mass is 10.2. The second-order valence-corrected chi connectivity index (χ2v) is 6.60. The van der Waals surface area contributed by atoms with Gasteiger partial charge < -0.3 is 9.84 Å². The number of benzene rings is 2. The predicted octanol–water partition coefficient (Wildman–Crippen LogP) is 3.24. The Labute approximate surface area is 138 Å². The Morgan fingerprint density at radius 3 is 2.43 bits per heavy atom. The van der Waals surface area contributed by atoms with Crippen molar-refractivity contribution < 1.29 is 23.1 Å². The number of ether oxygens (including phenoxy) is 1. The zero-order valence-corrected chi connectivity index (χ0v) is 13.7. The van der Waals surface area contributed by atoms with Gasteiger partial charge in [0.2, 0.25) is 0 Å². The highest BCUT2D eigenvalue weighted by Crippen LogP contribution is 2.29. The fraction of sp³-hybridized carbons (Fsp3) is 0.133. The fourth-order valence-corrected chi connectivity index (χ4v) is 3.32. The lowest BCUT2D eigenvalue weighted by Gasteiger charge is -2.13. The van der Waals surface area contributed by atoms with Crippen LogP contribution in [0.4, 0.5) is 5.69 Å². The van der Waals surface area contributed by atoms with Gasteiger partial charge >= 0.3 is 5.97 Å². The van der Waals surface area contributed by atoms with Gasteiger partial charge in [0.1, 0.15) is 10.6 Å². The van der Waals surface area contributed by atoms with Crippen molar-refractivity contribution in [2.45, 2.75) is 11.8 Å². The van der Waals surface area contributed by atoms with E-state index >= 15 is 0 Å². The normalized spacial score (nSPS) is 11.0. The minimum absolute atomic E-state index is 0.0608. The lowest BCUT2D eigenvalue weighted by Crippen LogP contribution is -2.14. The van der Waals surface area contributed by atoms with Gasteiger partial charge in [0.15, 0.2) is 0 Å². The summed E-state index contributed by atoms with van der Waals surface area (Å²) in [6.45, 7) is 2.04. The lowest BCUT2D eigenvalue weighted by molar-refractivity contribution is 0.0697. The minimum Gasteiger partial charge on any atom is -0.492 e. The number of hydrogen-bond donors (Lipinski definition) is 2. The number of sulfonamides is 1. The van der Waals surface area contributed by atoms with Crippen molar-refractivity contribution in [1.29, 1.82) is 0 Å². The van der Waals surface area contributed by atoms with E-state index in [0.717, 1.165) is 0 Å². The molecule has 2 rings (SSSR count). The number of halogens is 1. The quantitative estimate of drug-likeness (QED) is 0.829. The largest absolute Gasteiger partial charge is 0.492 e. The highest BCUT2D eigenvalue weighted by Gasteiger charge is 2.20. The number of carboxylic acids is 1. The van der Waals surface area contributed by atoms with Gasteiger partial charge in [-0.1, -0.05) is 11.6 Å². The molecule has 0 amide bonds. The molecule has 0 saturated heterocycles. The van der Waals surface area contributed by atoms with E-state index in [0.29, 0.717) is 6.61 Å². The summed E-state index contributed by atoms with van der Waals surface area (Å²) in [6.07, 6.45) is 0. The van der Waals surface area contributed by atoms with Crippen LogP contribution in [0.25, 0.3) is 0 Å². The molecule has 0 saturated carbocycles. The molecular weight excluding hydrogens is 342 g/mol. The molecule has 2 aromatic rings. The fourth-order valence-electron chi connectivity index (χ4n) is 1.86. The summed E-state index contributed by atoms with van der Waals surface area (Å²) in [5.74, 6) is -0.903. The third-order valence-corrected chi connectivity index (χ3v) is 4.52. The van der Waals surface area contributed by atoms with Crippen LogP contribution in [0.2, 0.25) is 5.02 Å². The van der Waals surface area contributed by atoms with Crippen LogP contribution in [0, 0.1) is 0 Å². The van der Waals surface area contributed by atoms with Crippen LogP contribution in [0.5, 0.6) is 5.75 Å². The number of aromatic carboxylic acids is 1. The summed E-state index contributed by atoms with van der Waals surface area (Å²) in [7, 11) is -3.93. The predicted molar refractivity (Wildman–Crippen MR) is 86.8 cm³/mol. The van der Waals surface area contributed by atoms with Crippen molar-refractivity contribution in [2.75, 3.05) is 11.3 Å². The van der Waals surface area contributed by atoms with Crippen LogP contribution < -0.4 is 9.46 Å². The van der Waals surface area contributed by atoms with E-state index in [2.05, 4.69) is 4.72 Å². The van der Waals surface area contributed by atoms with Gasteiger partial charge in [-0.3, -0.25) is 4.72 Å². The molecule has 0 aliphatic carbocycles. The van der Waals surface area contributed by atoms with Crippen LogP contribution in [0.15, 0.2) is 47.4 Å². The topological polar surface area (TPSA) is 92.7 Å². The molecule has 122 valence electrons. The van der Waals surface area contributed by atoms with E-state index in [1.54, 1.807) is 6.92 Å². The van der Waals surface area contributed by atoms with Crippen molar-refractivity contribution >= 4 is 33.3 Å². The van der Waals surface area contributed by atoms with E-state index in [9.17, 15) is 13.2 Å². The summed E-state index contributed by atoms with van der Waals surface area (Å²) < 4.78 is 32.7. The Morgan fingerprint density at radius 1 is 1.22 bits per heavy atom. The average molecular weight is 356 g/mol. The first-order chi connectivity index (χ1) is 10.8. The summed E-state index contributed by atoms with van der Waals surface area (Å²) in [5.41, 5.74) is 0.295. The first-order valence-electron chi connectivity index (χ1n) is 6.62. The van der Waals surface area contributed by atoms with Gasteiger partial charge in [0.25, 0.3) is 10.0 Å². The molecule has 0 aromatic heterocycles. The van der Waals surface area contributed by atoms with Crippen LogP contribution in [0.3, 0.4) is 0 Å². The Kier molecular flexibility index (Phi) is 5.12. The van der Waals surface area contributed by atoms with E-state index < -0.39 is 16.0 Å². The minimum atomic E-state index is -3.93. The maximum absolute atomic E-state index is 12.5. The third-order valence-electron chi connectivity index (χ3n) is 2.88. The molecule has 8 heteroatoms. The molecule has 0 radical (unpaired) electrons. The molecule has 0 heterocycles. The van der Waals surface area contributed by atoms with E-state index in [4.69, 9.17) is 21.4 Å². The zero-order chi connectivity index (χ0) is 17.0. The molecule has 2 aromatic carbocycles. The van der Waals surface area contributed by atoms with Gasteiger partial charge in [-0.15, -0.1) is 0 Å². The number of anilines is 1. The summed E-state index contributed by atoms with van der Waals surface area (Å²) in [6, 6.07) is 9.66. The average Bonchev–Trinajstić information content (AvgIpc) is 2.49. The number of hydrogen-bond acceptors (Lipinski definition) is 4. The zero-order valence-electron chi connectivity index (χ0n) is 12.1. The number of carbonyl (C=O) groups is 1. The molecular formula is C15H14ClNO5S. The van der Waals surface area contributed by atoms with E-state index in [1.807, 2.05) is 0 Å². The Bertz CT molecular complexity index is 818. The Morgan fingerprint density at radius 2 is 1.87 bits per heavy atom. The van der Waals surface area contributed by atoms with Crippen LogP contribution in [0.1, 0.15) is 17.3 Å². The highest BCUT2D eigenvalue weighted by molar-refractivity contribution is 7.92. The molecule has 0 atom stereocenters. The number of nitrogens with one attached hydrogen (secondary N) is 1. The van der Waals surface area contributed by atoms with Gasteiger partial charge in [-0.05, 0) is 49.4 Å². The number of carboxylic acid groups (broad SMARTS) is 1. The molecule has 6 nitrogen and oxygen atoms in total. The first kappa shape index (κ1) is 17.1. The standard InChI is InChI=1S/C15H14ClNO5S/c1-2-22-13-8-5-11(16)9-14(13)23(20,21)17-12-6-3-10(4-7-12)15(18)19/h3-9,17H,2H2,1H3,(H,18,19). The van der Waals surface area contributed by atoms with Gasteiger partial charge in [-0.2, -0.15) is 0 Å². The number of rotatable bonds is 6. The van der Waals surface area contributed by atoms with Crippen LogP contribution in [-0.2, 0) is 10.0 Å². The maximum atomic E-state index is 12.5. The summed E-state index contributed by atoms with van der Waals surface area (Å²) in [5, 5.41) is 9.10. The van der Waals surface area contributed by atoms with Crippen molar-refractivity contribution in [3.05, 3.63) is 53.1 Å². The molecule has 23 heavy (non-hydrogen) atoms. The monoisotopic (exact) mass is 355 g/mol. The molecule has 0 spiro atoms. The van der Waals surface area contributed by atoms with E-state index in [1.165, 1.54) is 42.5 Å². The second kappa shape index (κ2) is 6.89. The molecule has 2 N–H and O–H groups in total. The highest BCUT2D eigenvalue weighted by atomic mass is 35.5. The Hall–Kier alpha value is -2.25. The van der Waals surface area contributed by atoms with E-state index in [-0.39, 0.29) is 26.9 Å². The SMILES string of the molecule is CCOc1ccc(Cl)cc1S(=O)(=O)Nc1ccc(C(=O)O)cc1. The molecule has 0 aliphatic rings. The van der Waals surface area contributed by atoms with Crippen molar-refractivity contribution in [3.8, 4) is 5.75 Å². The third kappa shape index (κ3) is 4.14. The smallest absolute Gasteiger partial charge is 0.335 e. The molecule has 0 fully saturated rings. The van der Waals surface area contributed by atoms with Gasteiger partial charge in [-0.25, -0.2) is 13.2 Å². The van der Waals surface area contributed by atoms with Crippen molar-refractivity contribution in [3.63, 3.8) is 0 Å². The van der Waals surface area contributed by atoms with Gasteiger partial charge in [0.05, 0.1) is 12.2 Å². The van der Waals surface area contributed by atoms with Crippen LogP contribution >= 0.6 is 11.6 Å². The van der Waals surface area contributed by atoms with Crippen LogP contribution in [-0.4, -0.2) is 26.1 Å². The van der Waals surface area contributed by atoms with Crippen molar-refractivity contribution in [2.24, 2.45) is 0 Å². The first-order valence-corrected chi connectivity index (χ1v) is 8.48. The summed E-state index contributed by atoms with van der Waals surface area (Å²) in [4.78, 5) is 10.7. The maximum Gasteiger partial charge on any atom is 0.335 e. The second-order valence-electron chi connectivity index (χ2n) is 4.51. The van der Waals surface area contributed by atoms with Crippen molar-refractivity contribution in [1.82, 2.24) is 0 Å². The Balaban J connectivity index is 2.35. The van der Waals surface area contributed by atoms with Gasteiger partial charge in [0, 0.05) is 10.7 Å². The molecule has 0 bridgehead atoms. The molecule has 0 unspecified atom stereocenters.